The summed E-state index contributed by atoms with van der Waals surface area (Å²) in [7, 11) is 1.73. The molecule has 140 valence electrons. The van der Waals surface area contributed by atoms with Gasteiger partial charge in [-0.3, -0.25) is 0 Å². The van der Waals surface area contributed by atoms with Crippen LogP contribution in [0.1, 0.15) is 52.5 Å². The SMILES string of the molecule is CC(C)Oc1cc(F)c(Cl)cc1C1CC1CN(C)C(=O)OC(C)(C)C. The van der Waals surface area contributed by atoms with Crippen LogP contribution >= 0.6 is 11.6 Å². The fourth-order valence-electron chi connectivity index (χ4n) is 2.79. The minimum atomic E-state index is -0.517. The van der Waals surface area contributed by atoms with E-state index in [2.05, 4.69) is 0 Å². The van der Waals surface area contributed by atoms with Crippen LogP contribution in [0.15, 0.2) is 12.1 Å². The van der Waals surface area contributed by atoms with Crippen LogP contribution in [0.5, 0.6) is 5.75 Å². The predicted octanol–water partition coefficient (Wildman–Crippen LogP) is 5.24. The van der Waals surface area contributed by atoms with Crippen LogP contribution in [0, 0.1) is 11.7 Å². The second-order valence-electron chi connectivity index (χ2n) is 7.93. The van der Waals surface area contributed by atoms with Crippen LogP contribution < -0.4 is 4.74 Å². The average molecular weight is 372 g/mol. The number of hydrogen-bond donors (Lipinski definition) is 0. The Labute approximate surface area is 154 Å². The molecule has 1 aromatic carbocycles. The van der Waals surface area contributed by atoms with Crippen molar-refractivity contribution in [2.24, 2.45) is 5.92 Å². The van der Waals surface area contributed by atoms with Gasteiger partial charge in [-0.25, -0.2) is 9.18 Å². The van der Waals surface area contributed by atoms with Crippen molar-refractivity contribution in [3.63, 3.8) is 0 Å². The van der Waals surface area contributed by atoms with E-state index in [0.29, 0.717) is 12.3 Å². The van der Waals surface area contributed by atoms with Crippen molar-refractivity contribution in [3.8, 4) is 5.75 Å². The first-order valence-corrected chi connectivity index (χ1v) is 8.95. The van der Waals surface area contributed by atoms with E-state index in [9.17, 15) is 9.18 Å². The van der Waals surface area contributed by atoms with Crippen molar-refractivity contribution < 1.29 is 18.7 Å². The van der Waals surface area contributed by atoms with E-state index < -0.39 is 11.4 Å². The molecule has 1 aliphatic rings. The number of rotatable bonds is 5. The second kappa shape index (κ2) is 7.40. The number of halogens is 2. The van der Waals surface area contributed by atoms with Gasteiger partial charge in [-0.1, -0.05) is 11.6 Å². The number of nitrogens with zero attached hydrogens (tertiary/aromatic N) is 1. The minimum absolute atomic E-state index is 0.0547. The van der Waals surface area contributed by atoms with E-state index >= 15 is 0 Å². The van der Waals surface area contributed by atoms with Gasteiger partial charge in [0.25, 0.3) is 0 Å². The summed E-state index contributed by atoms with van der Waals surface area (Å²) in [5.74, 6) is 0.541. The highest BCUT2D eigenvalue weighted by molar-refractivity contribution is 6.30. The van der Waals surface area contributed by atoms with E-state index in [4.69, 9.17) is 21.1 Å². The third-order valence-electron chi connectivity index (χ3n) is 3.95. The van der Waals surface area contributed by atoms with Crippen LogP contribution in [0.3, 0.4) is 0 Å². The van der Waals surface area contributed by atoms with E-state index in [1.165, 1.54) is 6.07 Å². The van der Waals surface area contributed by atoms with E-state index in [1.54, 1.807) is 18.0 Å². The molecule has 2 atom stereocenters. The fraction of sp³-hybridized carbons (Fsp3) is 0.632. The molecule has 0 radical (unpaired) electrons. The summed E-state index contributed by atoms with van der Waals surface area (Å²) in [4.78, 5) is 13.7. The summed E-state index contributed by atoms with van der Waals surface area (Å²) in [6.45, 7) is 9.90. The van der Waals surface area contributed by atoms with E-state index in [1.807, 2.05) is 34.6 Å². The molecule has 0 aliphatic heterocycles. The molecule has 6 heteroatoms. The van der Waals surface area contributed by atoms with Crippen LogP contribution in [0.25, 0.3) is 0 Å². The maximum Gasteiger partial charge on any atom is 0.410 e. The van der Waals surface area contributed by atoms with Gasteiger partial charge in [-0.15, -0.1) is 0 Å². The molecule has 25 heavy (non-hydrogen) atoms. The van der Waals surface area contributed by atoms with Gasteiger partial charge in [-0.05, 0) is 64.5 Å². The molecular formula is C19H27ClFNO3. The predicted molar refractivity (Wildman–Crippen MR) is 96.9 cm³/mol. The zero-order valence-electron chi connectivity index (χ0n) is 15.7. The van der Waals surface area contributed by atoms with Gasteiger partial charge in [0.2, 0.25) is 0 Å². The van der Waals surface area contributed by atoms with Crippen LogP contribution in [0.4, 0.5) is 9.18 Å². The Kier molecular flexibility index (Phi) is 5.87. The smallest absolute Gasteiger partial charge is 0.410 e. The monoisotopic (exact) mass is 371 g/mol. The Hall–Kier alpha value is -1.49. The minimum Gasteiger partial charge on any atom is -0.491 e. The van der Waals surface area contributed by atoms with Crippen LogP contribution in [-0.2, 0) is 4.74 Å². The molecule has 2 rings (SSSR count). The van der Waals surface area contributed by atoms with Gasteiger partial charge in [0.1, 0.15) is 17.2 Å². The summed E-state index contributed by atoms with van der Waals surface area (Å²) in [5.41, 5.74) is 0.388. The lowest BCUT2D eigenvalue weighted by Gasteiger charge is -2.24. The van der Waals surface area contributed by atoms with Gasteiger partial charge in [-0.2, -0.15) is 0 Å². The molecule has 0 spiro atoms. The van der Waals surface area contributed by atoms with Crippen molar-refractivity contribution in [2.75, 3.05) is 13.6 Å². The number of hydrogen-bond acceptors (Lipinski definition) is 3. The number of carbonyl (C=O) groups excluding carboxylic acids is 1. The Morgan fingerprint density at radius 3 is 2.60 bits per heavy atom. The normalized spacial score (nSPS) is 19.7. The molecule has 0 bridgehead atoms. The van der Waals surface area contributed by atoms with Gasteiger partial charge in [0.05, 0.1) is 11.1 Å². The topological polar surface area (TPSA) is 38.8 Å². The zero-order chi connectivity index (χ0) is 18.9. The van der Waals surface area contributed by atoms with Gasteiger partial charge >= 0.3 is 6.09 Å². The molecule has 1 fully saturated rings. The summed E-state index contributed by atoms with van der Waals surface area (Å²) in [5, 5.41) is 0.0947. The molecule has 0 N–H and O–H groups in total. The Morgan fingerprint density at radius 2 is 2.04 bits per heavy atom. The number of ether oxygens (including phenoxy) is 2. The number of amides is 1. The highest BCUT2D eigenvalue weighted by Crippen LogP contribution is 2.51. The van der Waals surface area contributed by atoms with Crippen molar-refractivity contribution in [1.82, 2.24) is 4.90 Å². The Bertz CT molecular complexity index is 642. The maximum atomic E-state index is 13.8. The van der Waals surface area contributed by atoms with Crippen molar-refractivity contribution in [1.29, 1.82) is 0 Å². The molecule has 0 aromatic heterocycles. The van der Waals surface area contributed by atoms with Gasteiger partial charge in [0, 0.05) is 19.7 Å². The standard InChI is InChI=1S/C19H27ClFNO3/c1-11(2)24-17-9-16(21)15(20)8-14(17)13-7-12(13)10-22(6)18(23)25-19(3,4)5/h8-9,11-13H,7,10H2,1-6H3. The fourth-order valence-corrected chi connectivity index (χ4v) is 2.96. The second-order valence-corrected chi connectivity index (χ2v) is 8.34. The van der Waals surface area contributed by atoms with Crippen LogP contribution in [0.2, 0.25) is 5.02 Å². The average Bonchev–Trinajstić information content (AvgIpc) is 3.19. The molecule has 4 nitrogen and oxygen atoms in total. The Morgan fingerprint density at radius 1 is 1.40 bits per heavy atom. The molecule has 1 aliphatic carbocycles. The van der Waals surface area contributed by atoms with E-state index in [0.717, 1.165) is 12.0 Å². The highest BCUT2D eigenvalue weighted by atomic mass is 35.5. The van der Waals surface area contributed by atoms with Crippen LogP contribution in [-0.4, -0.2) is 36.3 Å². The molecule has 0 saturated heterocycles. The van der Waals surface area contributed by atoms with Gasteiger partial charge in [0.15, 0.2) is 0 Å². The number of benzene rings is 1. The molecule has 0 heterocycles. The number of carbonyl (C=O) groups is 1. The zero-order valence-corrected chi connectivity index (χ0v) is 16.5. The van der Waals surface area contributed by atoms with Crippen molar-refractivity contribution >= 4 is 17.7 Å². The molecule has 2 unspecified atom stereocenters. The van der Waals surface area contributed by atoms with Gasteiger partial charge < -0.3 is 14.4 Å². The molecule has 1 saturated carbocycles. The lowest BCUT2D eigenvalue weighted by atomic mass is 10.1. The molecule has 1 aromatic rings. The maximum absolute atomic E-state index is 13.8. The Balaban J connectivity index is 2.05. The lowest BCUT2D eigenvalue weighted by Crippen LogP contribution is -2.35. The third kappa shape index (κ3) is 5.50. The quantitative estimate of drug-likeness (QED) is 0.710. The first-order chi connectivity index (χ1) is 11.5. The summed E-state index contributed by atoms with van der Waals surface area (Å²) in [6, 6.07) is 3.00. The molecular weight excluding hydrogens is 345 g/mol. The summed E-state index contributed by atoms with van der Waals surface area (Å²) < 4.78 is 24.9. The highest BCUT2D eigenvalue weighted by Gasteiger charge is 2.42. The summed E-state index contributed by atoms with van der Waals surface area (Å²) in [6.07, 6.45) is 0.513. The molecule has 1 amide bonds. The van der Waals surface area contributed by atoms with Crippen molar-refractivity contribution in [3.05, 3.63) is 28.5 Å². The van der Waals surface area contributed by atoms with Crippen molar-refractivity contribution in [2.45, 2.75) is 58.7 Å². The van der Waals surface area contributed by atoms with E-state index in [-0.39, 0.29) is 29.1 Å². The first-order valence-electron chi connectivity index (χ1n) is 8.57. The lowest BCUT2D eigenvalue weighted by molar-refractivity contribution is 0.0290. The first kappa shape index (κ1) is 19.8. The third-order valence-corrected chi connectivity index (χ3v) is 4.24. The summed E-state index contributed by atoms with van der Waals surface area (Å²) >= 11 is 5.96. The largest absolute Gasteiger partial charge is 0.491 e.